The maximum atomic E-state index is 13.8. The van der Waals surface area contributed by atoms with Crippen LogP contribution < -0.4 is 5.73 Å². The summed E-state index contributed by atoms with van der Waals surface area (Å²) in [5, 5.41) is 0.730. The number of hydrogen-bond donors (Lipinski definition) is 1. The third-order valence-corrected chi connectivity index (χ3v) is 4.44. The lowest BCUT2D eigenvalue weighted by Crippen LogP contribution is -2.10. The molecule has 2 aromatic rings. The minimum atomic E-state index is -0.274. The van der Waals surface area contributed by atoms with Crippen molar-refractivity contribution in [1.29, 1.82) is 0 Å². The predicted molar refractivity (Wildman–Crippen MR) is 75.2 cm³/mol. The second-order valence-corrected chi connectivity index (χ2v) is 5.66. The van der Waals surface area contributed by atoms with Crippen LogP contribution in [0.2, 0.25) is 0 Å². The van der Waals surface area contributed by atoms with Crippen LogP contribution in [0.1, 0.15) is 29.7 Å². The first-order valence-corrected chi connectivity index (χ1v) is 6.94. The lowest BCUT2D eigenvalue weighted by molar-refractivity contribution is 0.622. The van der Waals surface area contributed by atoms with Gasteiger partial charge in [0.05, 0.1) is 9.99 Å². The van der Waals surface area contributed by atoms with E-state index in [0.717, 1.165) is 53.4 Å². The minimum absolute atomic E-state index is 0.274. The van der Waals surface area contributed by atoms with Gasteiger partial charge in [-0.15, -0.1) is 0 Å². The summed E-state index contributed by atoms with van der Waals surface area (Å²) in [6.07, 6.45) is 4.22. The van der Waals surface area contributed by atoms with Crippen LogP contribution in [0.3, 0.4) is 0 Å². The SMILES string of the molecule is Cc1cc(F)c(Br)c2c(N)c3c(nc12)CCCC3. The second kappa shape index (κ2) is 4.19. The van der Waals surface area contributed by atoms with Crippen LogP contribution in [0.25, 0.3) is 10.9 Å². The summed E-state index contributed by atoms with van der Waals surface area (Å²) in [6, 6.07) is 1.51. The van der Waals surface area contributed by atoms with Crippen molar-refractivity contribution in [3.8, 4) is 0 Å². The molecule has 1 aliphatic rings. The molecule has 0 radical (unpaired) electrons. The van der Waals surface area contributed by atoms with Crippen LogP contribution in [0.5, 0.6) is 0 Å². The zero-order valence-corrected chi connectivity index (χ0v) is 11.8. The zero-order chi connectivity index (χ0) is 12.9. The molecule has 2 nitrogen and oxygen atoms in total. The molecule has 0 atom stereocenters. The summed E-state index contributed by atoms with van der Waals surface area (Å²) < 4.78 is 14.2. The molecule has 1 heterocycles. The predicted octanol–water partition coefficient (Wildman–Crippen LogP) is 3.91. The molecule has 1 aliphatic carbocycles. The molecule has 0 bridgehead atoms. The Morgan fingerprint density at radius 1 is 1.33 bits per heavy atom. The van der Waals surface area contributed by atoms with Crippen LogP contribution >= 0.6 is 15.9 Å². The molecule has 0 saturated carbocycles. The van der Waals surface area contributed by atoms with E-state index in [4.69, 9.17) is 10.7 Å². The number of benzene rings is 1. The summed E-state index contributed by atoms with van der Waals surface area (Å²) in [4.78, 5) is 4.70. The molecular weight excluding hydrogens is 295 g/mol. The Morgan fingerprint density at radius 2 is 2.06 bits per heavy atom. The van der Waals surface area contributed by atoms with Crippen molar-refractivity contribution in [3.05, 3.63) is 33.2 Å². The fourth-order valence-corrected chi connectivity index (χ4v) is 3.24. The van der Waals surface area contributed by atoms with Gasteiger partial charge in [-0.25, -0.2) is 4.39 Å². The summed E-state index contributed by atoms with van der Waals surface area (Å²) in [5.74, 6) is -0.274. The van der Waals surface area contributed by atoms with Crippen LogP contribution in [-0.2, 0) is 12.8 Å². The maximum absolute atomic E-state index is 13.8. The highest BCUT2D eigenvalue weighted by Crippen LogP contribution is 2.37. The Bertz CT molecular complexity index is 652. The Balaban J connectivity index is 2.46. The standard InChI is InChI=1S/C14H14BrFN2/c1-7-6-9(16)12(15)11-13(17)8-4-2-3-5-10(8)18-14(7)11/h6H,2-5H2,1H3,(H2,17,18). The molecule has 0 spiro atoms. The number of halogens is 2. The molecule has 0 unspecified atom stereocenters. The van der Waals surface area contributed by atoms with Crippen LogP contribution in [0.4, 0.5) is 10.1 Å². The first-order chi connectivity index (χ1) is 8.59. The van der Waals surface area contributed by atoms with E-state index < -0.39 is 0 Å². The highest BCUT2D eigenvalue weighted by atomic mass is 79.9. The average molecular weight is 309 g/mol. The summed E-state index contributed by atoms with van der Waals surface area (Å²) in [7, 11) is 0. The number of hydrogen-bond acceptors (Lipinski definition) is 2. The number of nitrogens with two attached hydrogens (primary N) is 1. The fraction of sp³-hybridized carbons (Fsp3) is 0.357. The van der Waals surface area contributed by atoms with E-state index in [9.17, 15) is 4.39 Å². The second-order valence-electron chi connectivity index (χ2n) is 4.87. The van der Waals surface area contributed by atoms with Gasteiger partial charge in [0.2, 0.25) is 0 Å². The number of fused-ring (bicyclic) bond motifs is 2. The lowest BCUT2D eigenvalue weighted by Gasteiger charge is -2.20. The molecule has 1 aromatic carbocycles. The van der Waals surface area contributed by atoms with Crippen molar-refractivity contribution < 1.29 is 4.39 Å². The molecule has 2 N–H and O–H groups in total. The van der Waals surface area contributed by atoms with E-state index in [2.05, 4.69) is 15.9 Å². The molecule has 0 aliphatic heterocycles. The van der Waals surface area contributed by atoms with Gasteiger partial charge < -0.3 is 5.73 Å². The molecule has 0 fully saturated rings. The van der Waals surface area contributed by atoms with Gasteiger partial charge in [-0.2, -0.15) is 0 Å². The van der Waals surface area contributed by atoms with E-state index in [0.29, 0.717) is 10.2 Å². The van der Waals surface area contributed by atoms with Gasteiger partial charge in [0.15, 0.2) is 0 Å². The highest BCUT2D eigenvalue weighted by molar-refractivity contribution is 9.10. The molecule has 0 saturated heterocycles. The lowest BCUT2D eigenvalue weighted by atomic mass is 9.92. The highest BCUT2D eigenvalue weighted by Gasteiger charge is 2.20. The van der Waals surface area contributed by atoms with E-state index in [-0.39, 0.29) is 5.82 Å². The first-order valence-electron chi connectivity index (χ1n) is 6.15. The monoisotopic (exact) mass is 308 g/mol. The van der Waals surface area contributed by atoms with Crippen LogP contribution in [0, 0.1) is 12.7 Å². The fourth-order valence-electron chi connectivity index (χ4n) is 2.72. The summed E-state index contributed by atoms with van der Waals surface area (Å²) in [5.41, 5.74) is 10.8. The Morgan fingerprint density at radius 3 is 2.83 bits per heavy atom. The smallest absolute Gasteiger partial charge is 0.138 e. The number of pyridine rings is 1. The van der Waals surface area contributed by atoms with Gasteiger partial charge in [0.25, 0.3) is 0 Å². The largest absolute Gasteiger partial charge is 0.398 e. The molecule has 94 valence electrons. The van der Waals surface area contributed by atoms with Gasteiger partial charge in [-0.3, -0.25) is 4.98 Å². The normalized spacial score (nSPS) is 14.8. The number of nitrogens with zero attached hydrogens (tertiary/aromatic N) is 1. The van der Waals surface area contributed by atoms with Gasteiger partial charge in [0.1, 0.15) is 5.82 Å². The topological polar surface area (TPSA) is 38.9 Å². The van der Waals surface area contributed by atoms with Gasteiger partial charge in [-0.1, -0.05) is 0 Å². The number of anilines is 1. The van der Waals surface area contributed by atoms with Crippen LogP contribution in [0.15, 0.2) is 10.5 Å². The molecule has 3 rings (SSSR count). The van der Waals surface area contributed by atoms with Crippen molar-refractivity contribution >= 4 is 32.5 Å². The number of aryl methyl sites for hydroxylation is 2. The average Bonchev–Trinajstić information content (AvgIpc) is 2.36. The van der Waals surface area contributed by atoms with E-state index in [1.807, 2.05) is 6.92 Å². The van der Waals surface area contributed by atoms with Crippen molar-refractivity contribution in [2.24, 2.45) is 0 Å². The van der Waals surface area contributed by atoms with Gasteiger partial charge >= 0.3 is 0 Å². The Kier molecular flexibility index (Phi) is 2.77. The van der Waals surface area contributed by atoms with Gasteiger partial charge in [0, 0.05) is 16.8 Å². The van der Waals surface area contributed by atoms with Crippen LogP contribution in [-0.4, -0.2) is 4.98 Å². The Hall–Kier alpha value is -1.16. The molecular formula is C14H14BrFN2. The Labute approximate surface area is 114 Å². The van der Waals surface area contributed by atoms with Gasteiger partial charge in [-0.05, 0) is 65.7 Å². The summed E-state index contributed by atoms with van der Waals surface area (Å²) >= 11 is 3.30. The van der Waals surface area contributed by atoms with Crippen molar-refractivity contribution in [3.63, 3.8) is 0 Å². The number of rotatable bonds is 0. The third kappa shape index (κ3) is 1.62. The first kappa shape index (κ1) is 11.9. The maximum Gasteiger partial charge on any atom is 0.138 e. The molecule has 1 aromatic heterocycles. The number of aromatic nitrogens is 1. The summed E-state index contributed by atoms with van der Waals surface area (Å²) in [6.45, 7) is 1.87. The van der Waals surface area contributed by atoms with Crippen molar-refractivity contribution in [2.75, 3.05) is 5.73 Å². The minimum Gasteiger partial charge on any atom is -0.398 e. The van der Waals surface area contributed by atoms with E-state index in [1.165, 1.54) is 6.07 Å². The van der Waals surface area contributed by atoms with Crippen molar-refractivity contribution in [1.82, 2.24) is 4.98 Å². The molecule has 0 amide bonds. The molecule has 4 heteroatoms. The molecule has 18 heavy (non-hydrogen) atoms. The zero-order valence-electron chi connectivity index (χ0n) is 10.2. The quantitative estimate of drug-likeness (QED) is 0.801. The number of nitrogen functional groups attached to an aromatic ring is 1. The van der Waals surface area contributed by atoms with Crippen molar-refractivity contribution in [2.45, 2.75) is 32.6 Å². The van der Waals surface area contributed by atoms with E-state index in [1.54, 1.807) is 0 Å². The third-order valence-electron chi connectivity index (χ3n) is 3.66. The van der Waals surface area contributed by atoms with E-state index >= 15 is 0 Å².